The van der Waals surface area contributed by atoms with Crippen LogP contribution in [0.2, 0.25) is 0 Å². The number of nitriles is 1. The lowest BCUT2D eigenvalue weighted by atomic mass is 9.89. The maximum atomic E-state index is 12.0. The van der Waals surface area contributed by atoms with Gasteiger partial charge in [0.2, 0.25) is 0 Å². The molecule has 0 spiro atoms. The van der Waals surface area contributed by atoms with E-state index in [0.29, 0.717) is 19.8 Å². The van der Waals surface area contributed by atoms with Gasteiger partial charge in [-0.1, -0.05) is 13.8 Å². The van der Waals surface area contributed by atoms with Gasteiger partial charge in [0.05, 0.1) is 12.7 Å². The van der Waals surface area contributed by atoms with Gasteiger partial charge in [-0.05, 0) is 43.3 Å². The SMILES string of the molecule is COCCCN=C1C=C(C(C#N)C(=O)OCC(C)C)CCC1. The molecule has 0 N–H and O–H groups in total. The van der Waals surface area contributed by atoms with Crippen LogP contribution >= 0.6 is 0 Å². The molecule has 1 unspecified atom stereocenters. The second kappa shape index (κ2) is 10.1. The molecule has 0 saturated heterocycles. The fraction of sp³-hybridized carbons (Fsp3) is 0.706. The average molecular weight is 306 g/mol. The van der Waals surface area contributed by atoms with E-state index >= 15 is 0 Å². The first-order valence-corrected chi connectivity index (χ1v) is 7.87. The smallest absolute Gasteiger partial charge is 0.327 e. The third-order valence-electron chi connectivity index (χ3n) is 3.37. The first-order valence-electron chi connectivity index (χ1n) is 7.87. The van der Waals surface area contributed by atoms with Crippen molar-refractivity contribution in [1.82, 2.24) is 0 Å². The lowest BCUT2D eigenvalue weighted by molar-refractivity contribution is -0.146. The number of methoxy groups -OCH3 is 1. The second-order valence-corrected chi connectivity index (χ2v) is 5.88. The van der Waals surface area contributed by atoms with Gasteiger partial charge in [-0.15, -0.1) is 0 Å². The zero-order valence-corrected chi connectivity index (χ0v) is 13.8. The van der Waals surface area contributed by atoms with Gasteiger partial charge < -0.3 is 9.47 Å². The summed E-state index contributed by atoms with van der Waals surface area (Å²) in [6.07, 6.45) is 5.36. The van der Waals surface area contributed by atoms with E-state index < -0.39 is 11.9 Å². The van der Waals surface area contributed by atoms with Crippen LogP contribution < -0.4 is 0 Å². The second-order valence-electron chi connectivity index (χ2n) is 5.88. The Morgan fingerprint density at radius 1 is 1.45 bits per heavy atom. The van der Waals surface area contributed by atoms with Gasteiger partial charge in [-0.3, -0.25) is 9.79 Å². The highest BCUT2D eigenvalue weighted by Gasteiger charge is 2.26. The lowest BCUT2D eigenvalue weighted by Crippen LogP contribution is -2.22. The average Bonchev–Trinajstić information content (AvgIpc) is 2.51. The molecular weight excluding hydrogens is 280 g/mol. The van der Waals surface area contributed by atoms with Gasteiger partial charge in [0, 0.05) is 26.0 Å². The normalized spacial score (nSPS) is 18.0. The van der Waals surface area contributed by atoms with Crippen molar-refractivity contribution in [3.63, 3.8) is 0 Å². The molecule has 0 aliphatic heterocycles. The number of carbonyl (C=O) groups excluding carboxylic acids is 1. The molecule has 0 bridgehead atoms. The summed E-state index contributed by atoms with van der Waals surface area (Å²) >= 11 is 0. The molecule has 0 amide bonds. The summed E-state index contributed by atoms with van der Waals surface area (Å²) in [5, 5.41) is 9.30. The topological polar surface area (TPSA) is 71.7 Å². The van der Waals surface area contributed by atoms with Crippen LogP contribution in [0.4, 0.5) is 0 Å². The van der Waals surface area contributed by atoms with Crippen LogP contribution in [0.3, 0.4) is 0 Å². The largest absolute Gasteiger partial charge is 0.464 e. The van der Waals surface area contributed by atoms with Crippen molar-refractivity contribution in [3.05, 3.63) is 11.6 Å². The Bertz CT molecular complexity index is 461. The number of ether oxygens (including phenoxy) is 2. The van der Waals surface area contributed by atoms with E-state index in [1.165, 1.54) is 0 Å². The maximum Gasteiger partial charge on any atom is 0.327 e. The van der Waals surface area contributed by atoms with Crippen molar-refractivity contribution >= 4 is 11.7 Å². The molecule has 1 atom stereocenters. The van der Waals surface area contributed by atoms with Crippen LogP contribution in [0.1, 0.15) is 39.5 Å². The Morgan fingerprint density at radius 3 is 2.86 bits per heavy atom. The molecule has 122 valence electrons. The quantitative estimate of drug-likeness (QED) is 0.510. The number of aliphatic imine (C=N–C) groups is 1. The highest BCUT2D eigenvalue weighted by molar-refractivity contribution is 5.97. The van der Waals surface area contributed by atoms with Crippen molar-refractivity contribution in [2.45, 2.75) is 39.5 Å². The molecule has 0 saturated carbocycles. The molecule has 5 heteroatoms. The molecule has 1 aliphatic rings. The molecule has 0 radical (unpaired) electrons. The Kier molecular flexibility index (Phi) is 8.46. The molecular formula is C17H26N2O3. The number of hydrogen-bond donors (Lipinski definition) is 0. The Labute approximate surface area is 133 Å². The molecule has 0 aromatic heterocycles. The van der Waals surface area contributed by atoms with E-state index in [9.17, 15) is 10.1 Å². The van der Waals surface area contributed by atoms with Crippen molar-refractivity contribution in [2.24, 2.45) is 16.8 Å². The Hall–Kier alpha value is -1.67. The predicted octanol–water partition coefficient (Wildman–Crippen LogP) is 2.91. The molecule has 0 aromatic rings. The van der Waals surface area contributed by atoms with E-state index in [1.807, 2.05) is 19.9 Å². The number of nitrogens with zero attached hydrogens (tertiary/aromatic N) is 2. The minimum Gasteiger partial charge on any atom is -0.464 e. The minimum atomic E-state index is -0.803. The van der Waals surface area contributed by atoms with E-state index in [1.54, 1.807) is 7.11 Å². The standard InChI is InChI=1S/C17H26N2O3/c1-13(2)12-22-17(20)16(11-18)14-6-4-7-15(10-14)19-8-5-9-21-3/h10,13,16H,4-9,12H2,1-3H3. The van der Waals surface area contributed by atoms with Crippen molar-refractivity contribution in [2.75, 3.05) is 26.9 Å². The fourth-order valence-corrected chi connectivity index (χ4v) is 2.24. The molecule has 22 heavy (non-hydrogen) atoms. The minimum absolute atomic E-state index is 0.265. The summed E-state index contributed by atoms with van der Waals surface area (Å²) in [7, 11) is 1.67. The van der Waals surface area contributed by atoms with Gasteiger partial charge in [-0.2, -0.15) is 5.26 Å². The Morgan fingerprint density at radius 2 is 2.23 bits per heavy atom. The van der Waals surface area contributed by atoms with Crippen LogP contribution in [0.5, 0.6) is 0 Å². The summed E-state index contributed by atoms with van der Waals surface area (Å²) in [6, 6.07) is 2.07. The molecule has 0 aromatic carbocycles. The highest BCUT2D eigenvalue weighted by Crippen LogP contribution is 2.24. The predicted molar refractivity (Wildman–Crippen MR) is 85.6 cm³/mol. The molecule has 1 aliphatic carbocycles. The first kappa shape index (κ1) is 18.4. The lowest BCUT2D eigenvalue weighted by Gasteiger charge is -2.18. The first-order chi connectivity index (χ1) is 10.6. The zero-order chi connectivity index (χ0) is 16.4. The van der Waals surface area contributed by atoms with Crippen LogP contribution in [0.25, 0.3) is 0 Å². The number of allylic oxidation sites excluding steroid dienone is 1. The van der Waals surface area contributed by atoms with Gasteiger partial charge in [-0.25, -0.2) is 0 Å². The van der Waals surface area contributed by atoms with Crippen molar-refractivity contribution in [3.8, 4) is 6.07 Å². The summed E-state index contributed by atoms with van der Waals surface area (Å²) in [6.45, 7) is 5.69. The van der Waals surface area contributed by atoms with Crippen molar-refractivity contribution in [1.29, 1.82) is 5.26 Å². The number of esters is 1. The molecule has 0 fully saturated rings. The third kappa shape index (κ3) is 6.40. The maximum absolute atomic E-state index is 12.0. The van der Waals surface area contributed by atoms with E-state index in [0.717, 1.165) is 37.0 Å². The van der Waals surface area contributed by atoms with Crippen LogP contribution in [0.15, 0.2) is 16.6 Å². The Balaban J connectivity index is 2.68. The van der Waals surface area contributed by atoms with Crippen LogP contribution in [-0.2, 0) is 14.3 Å². The van der Waals surface area contributed by atoms with E-state index in [-0.39, 0.29) is 5.92 Å². The van der Waals surface area contributed by atoms with Gasteiger partial charge >= 0.3 is 5.97 Å². The number of carbonyl (C=O) groups is 1. The summed E-state index contributed by atoms with van der Waals surface area (Å²) in [4.78, 5) is 16.6. The highest BCUT2D eigenvalue weighted by atomic mass is 16.5. The summed E-state index contributed by atoms with van der Waals surface area (Å²) in [5.41, 5.74) is 1.79. The van der Waals surface area contributed by atoms with Crippen LogP contribution in [0, 0.1) is 23.2 Å². The van der Waals surface area contributed by atoms with Crippen molar-refractivity contribution < 1.29 is 14.3 Å². The number of rotatable bonds is 8. The van der Waals surface area contributed by atoms with Gasteiger partial charge in [0.25, 0.3) is 0 Å². The number of hydrogen-bond acceptors (Lipinski definition) is 5. The van der Waals surface area contributed by atoms with E-state index in [2.05, 4.69) is 11.1 Å². The third-order valence-corrected chi connectivity index (χ3v) is 3.37. The summed E-state index contributed by atoms with van der Waals surface area (Å²) < 4.78 is 10.2. The summed E-state index contributed by atoms with van der Waals surface area (Å²) in [5.74, 6) is -0.979. The van der Waals surface area contributed by atoms with E-state index in [4.69, 9.17) is 9.47 Å². The monoisotopic (exact) mass is 306 g/mol. The van der Waals surface area contributed by atoms with Gasteiger partial charge in [0.1, 0.15) is 0 Å². The van der Waals surface area contributed by atoms with Crippen LogP contribution in [-0.4, -0.2) is 38.5 Å². The molecule has 0 heterocycles. The van der Waals surface area contributed by atoms with Gasteiger partial charge in [0.15, 0.2) is 5.92 Å². The molecule has 5 nitrogen and oxygen atoms in total. The molecule has 1 rings (SSSR count). The fourth-order valence-electron chi connectivity index (χ4n) is 2.24. The zero-order valence-electron chi connectivity index (χ0n) is 13.8.